The van der Waals surface area contributed by atoms with E-state index in [1.54, 1.807) is 11.9 Å². The number of rotatable bonds is 3. The number of nitrogens with zero attached hydrogens (tertiary/aromatic N) is 2. The number of benzene rings is 1. The van der Waals surface area contributed by atoms with Gasteiger partial charge in [-0.3, -0.25) is 4.79 Å². The van der Waals surface area contributed by atoms with E-state index in [-0.39, 0.29) is 10.4 Å². The lowest BCUT2D eigenvalue weighted by Gasteiger charge is -2.17. The zero-order chi connectivity index (χ0) is 14.9. The molecule has 0 aliphatic rings. The van der Waals surface area contributed by atoms with Gasteiger partial charge in [0, 0.05) is 18.2 Å². The first-order valence-corrected chi connectivity index (χ1v) is 6.81. The van der Waals surface area contributed by atoms with E-state index in [0.29, 0.717) is 17.9 Å². The van der Waals surface area contributed by atoms with Gasteiger partial charge < -0.3 is 9.42 Å². The number of carbonyl (C=O) groups excluding carboxylic acids is 1. The van der Waals surface area contributed by atoms with E-state index in [4.69, 9.17) is 4.52 Å². The van der Waals surface area contributed by atoms with Crippen LogP contribution in [0.4, 0.5) is 4.39 Å². The Labute approximate surface area is 124 Å². The summed E-state index contributed by atoms with van der Waals surface area (Å²) >= 11 is 3.08. The number of aromatic nitrogens is 1. The first kappa shape index (κ1) is 14.7. The Morgan fingerprint density at radius 3 is 2.70 bits per heavy atom. The Hall–Kier alpha value is -1.69. The molecule has 0 bridgehead atoms. The van der Waals surface area contributed by atoms with Crippen molar-refractivity contribution in [3.63, 3.8) is 0 Å². The van der Waals surface area contributed by atoms with Gasteiger partial charge in [0.25, 0.3) is 5.91 Å². The van der Waals surface area contributed by atoms with Gasteiger partial charge in [-0.1, -0.05) is 5.16 Å². The van der Waals surface area contributed by atoms with Gasteiger partial charge in [-0.05, 0) is 48.0 Å². The summed E-state index contributed by atoms with van der Waals surface area (Å²) in [5.74, 6) is 0.114. The summed E-state index contributed by atoms with van der Waals surface area (Å²) in [5, 5.41) is 3.86. The quantitative estimate of drug-likeness (QED) is 0.859. The van der Waals surface area contributed by atoms with E-state index in [1.807, 2.05) is 13.8 Å². The molecule has 0 saturated heterocycles. The maximum atomic E-state index is 13.2. The fourth-order valence-corrected chi connectivity index (χ4v) is 2.26. The fourth-order valence-electron chi connectivity index (χ4n) is 1.89. The average Bonchev–Trinajstić information content (AvgIpc) is 2.72. The Kier molecular flexibility index (Phi) is 4.23. The van der Waals surface area contributed by atoms with Crippen LogP contribution >= 0.6 is 15.9 Å². The van der Waals surface area contributed by atoms with E-state index in [2.05, 4.69) is 21.1 Å². The molecule has 20 heavy (non-hydrogen) atoms. The molecule has 1 heterocycles. The van der Waals surface area contributed by atoms with E-state index < -0.39 is 5.82 Å². The molecule has 6 heteroatoms. The van der Waals surface area contributed by atoms with Gasteiger partial charge in [0.1, 0.15) is 11.6 Å². The van der Waals surface area contributed by atoms with Gasteiger partial charge in [-0.2, -0.15) is 0 Å². The summed E-state index contributed by atoms with van der Waals surface area (Å²) in [7, 11) is 1.69. The molecular formula is C14H14BrFN2O2. The SMILES string of the molecule is Cc1noc(C)c1CN(C)C(=O)c1ccc(F)c(Br)c1. The van der Waals surface area contributed by atoms with Crippen molar-refractivity contribution in [3.8, 4) is 0 Å². The van der Waals surface area contributed by atoms with Crippen LogP contribution in [0.5, 0.6) is 0 Å². The normalized spacial score (nSPS) is 10.7. The third kappa shape index (κ3) is 2.90. The van der Waals surface area contributed by atoms with Crippen LogP contribution in [0, 0.1) is 19.7 Å². The molecule has 0 spiro atoms. The molecule has 0 saturated carbocycles. The number of aryl methyl sites for hydroxylation is 2. The minimum absolute atomic E-state index is 0.189. The lowest BCUT2D eigenvalue weighted by molar-refractivity contribution is 0.0784. The van der Waals surface area contributed by atoms with Gasteiger partial charge in [-0.25, -0.2) is 4.39 Å². The van der Waals surface area contributed by atoms with E-state index >= 15 is 0 Å². The van der Waals surface area contributed by atoms with Gasteiger partial charge in [0.2, 0.25) is 0 Å². The molecule has 1 aromatic heterocycles. The van der Waals surface area contributed by atoms with Crippen LogP contribution in [-0.2, 0) is 6.54 Å². The Bertz CT molecular complexity index is 635. The highest BCUT2D eigenvalue weighted by atomic mass is 79.9. The van der Waals surface area contributed by atoms with Crippen molar-refractivity contribution >= 4 is 21.8 Å². The highest BCUT2D eigenvalue weighted by Crippen LogP contribution is 2.19. The highest BCUT2D eigenvalue weighted by molar-refractivity contribution is 9.10. The molecule has 0 fully saturated rings. The van der Waals surface area contributed by atoms with Gasteiger partial charge in [0.15, 0.2) is 0 Å². The molecule has 0 radical (unpaired) electrons. The molecule has 1 amide bonds. The van der Waals surface area contributed by atoms with Crippen LogP contribution < -0.4 is 0 Å². The first-order valence-electron chi connectivity index (χ1n) is 6.02. The number of amides is 1. The van der Waals surface area contributed by atoms with Gasteiger partial charge >= 0.3 is 0 Å². The second-order valence-corrected chi connectivity index (χ2v) is 5.45. The topological polar surface area (TPSA) is 46.3 Å². The smallest absolute Gasteiger partial charge is 0.253 e. The Morgan fingerprint density at radius 1 is 1.45 bits per heavy atom. The molecule has 2 rings (SSSR count). The van der Waals surface area contributed by atoms with Crippen LogP contribution in [0.3, 0.4) is 0 Å². The molecule has 0 aliphatic heterocycles. The average molecular weight is 341 g/mol. The Morgan fingerprint density at radius 2 is 2.15 bits per heavy atom. The summed E-state index contributed by atoms with van der Waals surface area (Å²) < 4.78 is 18.5. The molecule has 0 N–H and O–H groups in total. The van der Waals surface area contributed by atoms with Crippen molar-refractivity contribution in [2.24, 2.45) is 0 Å². The van der Waals surface area contributed by atoms with Crippen molar-refractivity contribution in [2.45, 2.75) is 20.4 Å². The van der Waals surface area contributed by atoms with Crippen molar-refractivity contribution in [3.05, 3.63) is 51.1 Å². The molecule has 0 unspecified atom stereocenters. The summed E-state index contributed by atoms with van der Waals surface area (Å²) in [6.45, 7) is 4.04. The number of halogens is 2. The lowest BCUT2D eigenvalue weighted by Crippen LogP contribution is -2.26. The monoisotopic (exact) mass is 340 g/mol. The van der Waals surface area contributed by atoms with E-state index in [9.17, 15) is 9.18 Å². The van der Waals surface area contributed by atoms with E-state index in [1.165, 1.54) is 18.2 Å². The largest absolute Gasteiger partial charge is 0.361 e. The van der Waals surface area contributed by atoms with Crippen molar-refractivity contribution in [1.82, 2.24) is 10.1 Å². The summed E-state index contributed by atoms with van der Waals surface area (Å²) in [5.41, 5.74) is 2.08. The Balaban J connectivity index is 2.18. The molecule has 106 valence electrons. The van der Waals surface area contributed by atoms with Crippen molar-refractivity contribution in [1.29, 1.82) is 0 Å². The fraction of sp³-hybridized carbons (Fsp3) is 0.286. The second-order valence-electron chi connectivity index (χ2n) is 4.59. The van der Waals surface area contributed by atoms with Crippen molar-refractivity contribution < 1.29 is 13.7 Å². The van der Waals surface area contributed by atoms with Crippen LogP contribution in [0.1, 0.15) is 27.4 Å². The second kappa shape index (κ2) is 5.75. The van der Waals surface area contributed by atoms with Crippen LogP contribution in [0.15, 0.2) is 27.2 Å². The number of hydrogen-bond donors (Lipinski definition) is 0. The third-order valence-corrected chi connectivity index (χ3v) is 3.70. The molecule has 2 aromatic rings. The molecular weight excluding hydrogens is 327 g/mol. The summed E-state index contributed by atoms with van der Waals surface area (Å²) in [4.78, 5) is 13.8. The predicted molar refractivity (Wildman–Crippen MR) is 75.9 cm³/mol. The first-order chi connectivity index (χ1) is 9.40. The van der Waals surface area contributed by atoms with Gasteiger partial charge in [0.05, 0.1) is 16.7 Å². The minimum atomic E-state index is -0.394. The van der Waals surface area contributed by atoms with Gasteiger partial charge in [-0.15, -0.1) is 0 Å². The molecule has 0 aliphatic carbocycles. The zero-order valence-corrected chi connectivity index (χ0v) is 13.0. The molecule has 1 aromatic carbocycles. The van der Waals surface area contributed by atoms with Crippen molar-refractivity contribution in [2.75, 3.05) is 7.05 Å². The van der Waals surface area contributed by atoms with Crippen LogP contribution in [0.2, 0.25) is 0 Å². The number of hydrogen-bond acceptors (Lipinski definition) is 3. The lowest BCUT2D eigenvalue weighted by atomic mass is 10.1. The third-order valence-electron chi connectivity index (χ3n) is 3.09. The molecule has 0 atom stereocenters. The summed E-state index contributed by atoms with van der Waals surface area (Å²) in [6, 6.07) is 4.20. The standard InChI is InChI=1S/C14H14BrFN2O2/c1-8-11(9(2)20-17-8)7-18(3)14(19)10-4-5-13(16)12(15)6-10/h4-6H,7H2,1-3H3. The highest BCUT2D eigenvalue weighted by Gasteiger charge is 2.17. The van der Waals surface area contributed by atoms with E-state index in [0.717, 1.165) is 11.3 Å². The van der Waals surface area contributed by atoms with Crippen LogP contribution in [-0.4, -0.2) is 23.0 Å². The maximum absolute atomic E-state index is 13.2. The predicted octanol–water partition coefficient (Wildman–Crippen LogP) is 3.47. The zero-order valence-electron chi connectivity index (χ0n) is 11.4. The molecule has 4 nitrogen and oxygen atoms in total. The minimum Gasteiger partial charge on any atom is -0.361 e. The number of carbonyl (C=O) groups is 1. The van der Waals surface area contributed by atoms with Crippen LogP contribution in [0.25, 0.3) is 0 Å². The summed E-state index contributed by atoms with van der Waals surface area (Å²) in [6.07, 6.45) is 0. The maximum Gasteiger partial charge on any atom is 0.253 e.